The van der Waals surface area contributed by atoms with Gasteiger partial charge in [0.05, 0.1) is 0 Å². The minimum atomic E-state index is -0.458. The number of carbonyl (C=O) groups excluding carboxylic acids is 2. The number of carbonyl (C=O) groups is 2. The van der Waals surface area contributed by atoms with Crippen LogP contribution >= 0.6 is 11.8 Å². The summed E-state index contributed by atoms with van der Waals surface area (Å²) in [5.41, 5.74) is 2.30. The van der Waals surface area contributed by atoms with E-state index in [2.05, 4.69) is 0 Å². The highest BCUT2D eigenvalue weighted by molar-refractivity contribution is 7.99. The summed E-state index contributed by atoms with van der Waals surface area (Å²) in [4.78, 5) is 30.6. The minimum absolute atomic E-state index is 0.0326. The van der Waals surface area contributed by atoms with Crippen molar-refractivity contribution in [1.29, 1.82) is 0 Å². The molecule has 2 aromatic rings. The summed E-state index contributed by atoms with van der Waals surface area (Å²) in [5.74, 6) is -0.354. The van der Waals surface area contributed by atoms with E-state index in [1.807, 2.05) is 31.2 Å². The SMILES string of the molecule is Cc1ccc(N2CCN(CC(=O)N3CCSC(c4cc(F)ccc4F)CC3)C2=O)cc1. The average Bonchev–Trinajstić information content (AvgIpc) is 2.96. The van der Waals surface area contributed by atoms with Gasteiger partial charge in [0.25, 0.3) is 0 Å². The first-order valence-electron chi connectivity index (χ1n) is 10.4. The molecule has 2 aliphatic rings. The monoisotopic (exact) mass is 445 g/mol. The van der Waals surface area contributed by atoms with Gasteiger partial charge in [-0.25, -0.2) is 13.6 Å². The van der Waals surface area contributed by atoms with Gasteiger partial charge in [0.2, 0.25) is 5.91 Å². The first kappa shape index (κ1) is 21.6. The summed E-state index contributed by atoms with van der Waals surface area (Å²) in [5, 5.41) is -0.195. The van der Waals surface area contributed by atoms with Crippen molar-refractivity contribution in [1.82, 2.24) is 9.80 Å². The molecule has 2 aromatic carbocycles. The van der Waals surface area contributed by atoms with Crippen LogP contribution in [0.4, 0.5) is 19.3 Å². The normalized spacial score (nSPS) is 19.6. The molecule has 31 heavy (non-hydrogen) atoms. The number of thioether (sulfide) groups is 1. The highest BCUT2D eigenvalue weighted by Crippen LogP contribution is 2.36. The van der Waals surface area contributed by atoms with Crippen LogP contribution in [0.3, 0.4) is 0 Å². The molecule has 2 aliphatic heterocycles. The summed E-state index contributed by atoms with van der Waals surface area (Å²) in [6, 6.07) is 11.1. The van der Waals surface area contributed by atoms with Gasteiger partial charge in [-0.1, -0.05) is 17.7 Å². The van der Waals surface area contributed by atoms with Crippen molar-refractivity contribution in [2.45, 2.75) is 18.6 Å². The molecular formula is C23H25F2N3O2S. The number of anilines is 1. The van der Waals surface area contributed by atoms with E-state index in [4.69, 9.17) is 0 Å². The zero-order valence-electron chi connectivity index (χ0n) is 17.4. The van der Waals surface area contributed by atoms with Gasteiger partial charge < -0.3 is 9.80 Å². The standard InChI is InChI=1S/C23H25F2N3O2S/c1-16-2-5-18(6-3-16)28-11-10-27(23(28)30)15-22(29)26-9-8-21(31-13-12-26)19-14-17(24)4-7-20(19)25/h2-7,14,21H,8-13,15H2,1H3. The molecule has 0 N–H and O–H groups in total. The largest absolute Gasteiger partial charge is 0.340 e. The van der Waals surface area contributed by atoms with Crippen molar-refractivity contribution >= 4 is 29.4 Å². The fourth-order valence-electron chi connectivity index (χ4n) is 3.99. The Kier molecular flexibility index (Phi) is 6.46. The number of nitrogens with zero attached hydrogens (tertiary/aromatic N) is 3. The zero-order chi connectivity index (χ0) is 22.0. The van der Waals surface area contributed by atoms with Crippen LogP contribution in [0.2, 0.25) is 0 Å². The lowest BCUT2D eigenvalue weighted by Gasteiger charge is -2.24. The Morgan fingerprint density at radius 3 is 2.61 bits per heavy atom. The van der Waals surface area contributed by atoms with E-state index in [1.165, 1.54) is 17.8 Å². The molecule has 2 saturated heterocycles. The molecule has 2 fully saturated rings. The van der Waals surface area contributed by atoms with Crippen LogP contribution in [0.15, 0.2) is 42.5 Å². The summed E-state index contributed by atoms with van der Waals surface area (Å²) in [6.45, 7) is 4.05. The van der Waals surface area contributed by atoms with Crippen LogP contribution in [0.5, 0.6) is 0 Å². The van der Waals surface area contributed by atoms with Gasteiger partial charge in [-0.2, -0.15) is 11.8 Å². The lowest BCUT2D eigenvalue weighted by atomic mass is 10.1. The molecule has 0 saturated carbocycles. The molecule has 5 nitrogen and oxygen atoms in total. The first-order valence-corrected chi connectivity index (χ1v) is 11.4. The molecule has 0 bridgehead atoms. The lowest BCUT2D eigenvalue weighted by Crippen LogP contribution is -2.43. The number of aryl methyl sites for hydroxylation is 1. The summed E-state index contributed by atoms with van der Waals surface area (Å²) in [7, 11) is 0. The second kappa shape index (κ2) is 9.26. The Bertz CT molecular complexity index is 970. The van der Waals surface area contributed by atoms with Gasteiger partial charge in [0, 0.05) is 48.4 Å². The predicted octanol–water partition coefficient (Wildman–Crippen LogP) is 4.22. The van der Waals surface area contributed by atoms with Crippen molar-refractivity contribution in [3.8, 4) is 0 Å². The Hall–Kier alpha value is -2.61. The summed E-state index contributed by atoms with van der Waals surface area (Å²) >= 11 is 1.53. The van der Waals surface area contributed by atoms with E-state index in [0.29, 0.717) is 43.9 Å². The van der Waals surface area contributed by atoms with E-state index >= 15 is 0 Å². The van der Waals surface area contributed by atoms with Gasteiger partial charge in [0.15, 0.2) is 0 Å². The zero-order valence-corrected chi connectivity index (χ0v) is 18.2. The number of amides is 3. The van der Waals surface area contributed by atoms with Gasteiger partial charge >= 0.3 is 6.03 Å². The van der Waals surface area contributed by atoms with Crippen LogP contribution in [-0.2, 0) is 4.79 Å². The van der Waals surface area contributed by atoms with Crippen LogP contribution in [-0.4, -0.2) is 60.2 Å². The third kappa shape index (κ3) is 4.84. The first-order chi connectivity index (χ1) is 14.9. The molecule has 8 heteroatoms. The maximum absolute atomic E-state index is 14.1. The fourth-order valence-corrected chi connectivity index (χ4v) is 5.23. The molecule has 1 atom stereocenters. The van der Waals surface area contributed by atoms with Crippen LogP contribution in [0, 0.1) is 18.6 Å². The van der Waals surface area contributed by atoms with Crippen molar-refractivity contribution < 1.29 is 18.4 Å². The Morgan fingerprint density at radius 1 is 1.06 bits per heavy atom. The third-order valence-electron chi connectivity index (χ3n) is 5.77. The molecular weight excluding hydrogens is 420 g/mol. The molecule has 164 valence electrons. The molecule has 0 aliphatic carbocycles. The quantitative estimate of drug-likeness (QED) is 0.708. The maximum Gasteiger partial charge on any atom is 0.325 e. The van der Waals surface area contributed by atoms with Crippen molar-refractivity contribution in [2.24, 2.45) is 0 Å². The van der Waals surface area contributed by atoms with Crippen molar-refractivity contribution in [3.05, 3.63) is 65.2 Å². The number of halogens is 2. The van der Waals surface area contributed by atoms with Gasteiger partial charge in [-0.15, -0.1) is 0 Å². The molecule has 0 aromatic heterocycles. The van der Waals surface area contributed by atoms with Crippen LogP contribution < -0.4 is 4.90 Å². The molecule has 0 radical (unpaired) electrons. The van der Waals surface area contributed by atoms with E-state index in [0.717, 1.165) is 23.4 Å². The second-order valence-corrected chi connectivity index (χ2v) is 9.20. The van der Waals surface area contributed by atoms with Gasteiger partial charge in [-0.3, -0.25) is 9.69 Å². The highest BCUT2D eigenvalue weighted by atomic mass is 32.2. The Morgan fingerprint density at radius 2 is 1.84 bits per heavy atom. The van der Waals surface area contributed by atoms with Crippen molar-refractivity contribution in [2.75, 3.05) is 43.4 Å². The number of urea groups is 1. The molecule has 3 amide bonds. The fraction of sp³-hybridized carbons (Fsp3) is 0.391. The molecule has 0 spiro atoms. The van der Waals surface area contributed by atoms with E-state index in [1.54, 1.807) is 14.7 Å². The predicted molar refractivity (Wildman–Crippen MR) is 118 cm³/mol. The van der Waals surface area contributed by atoms with E-state index in [-0.39, 0.29) is 23.7 Å². The number of benzene rings is 2. The lowest BCUT2D eigenvalue weighted by molar-refractivity contribution is -0.131. The molecule has 2 heterocycles. The maximum atomic E-state index is 14.1. The summed E-state index contributed by atoms with van der Waals surface area (Å²) in [6.07, 6.45) is 0.542. The Labute approximate surface area is 185 Å². The third-order valence-corrected chi connectivity index (χ3v) is 7.08. The Balaban J connectivity index is 1.35. The molecule has 4 rings (SSSR count). The van der Waals surface area contributed by atoms with E-state index < -0.39 is 11.6 Å². The van der Waals surface area contributed by atoms with Gasteiger partial charge in [0.1, 0.15) is 18.2 Å². The topological polar surface area (TPSA) is 43.9 Å². The van der Waals surface area contributed by atoms with E-state index in [9.17, 15) is 18.4 Å². The molecule has 1 unspecified atom stereocenters. The smallest absolute Gasteiger partial charge is 0.325 e. The second-order valence-electron chi connectivity index (χ2n) is 7.89. The number of hydrogen-bond acceptors (Lipinski definition) is 3. The summed E-state index contributed by atoms with van der Waals surface area (Å²) < 4.78 is 27.7. The minimum Gasteiger partial charge on any atom is -0.340 e. The number of hydrogen-bond donors (Lipinski definition) is 0. The number of rotatable bonds is 4. The highest BCUT2D eigenvalue weighted by Gasteiger charge is 2.32. The average molecular weight is 446 g/mol. The van der Waals surface area contributed by atoms with Crippen LogP contribution in [0.25, 0.3) is 0 Å². The van der Waals surface area contributed by atoms with Gasteiger partial charge in [-0.05, 0) is 43.7 Å². The van der Waals surface area contributed by atoms with Crippen LogP contribution in [0.1, 0.15) is 22.8 Å². The van der Waals surface area contributed by atoms with Crippen molar-refractivity contribution in [3.63, 3.8) is 0 Å².